The lowest BCUT2D eigenvalue weighted by Gasteiger charge is -2.18. The highest BCUT2D eigenvalue weighted by Gasteiger charge is 2.25. The van der Waals surface area contributed by atoms with Gasteiger partial charge in [0.2, 0.25) is 15.9 Å². The molecule has 2 N–H and O–H groups in total. The first-order chi connectivity index (χ1) is 16.4. The zero-order valence-corrected chi connectivity index (χ0v) is 20.9. The number of ether oxygens (including phenoxy) is 1. The number of aromatic nitrogens is 1. The number of nitrogens with one attached hydrogen (secondary N) is 2. The minimum Gasteiger partial charge on any atom is -0.487 e. The molecule has 0 radical (unpaired) electrons. The van der Waals surface area contributed by atoms with Gasteiger partial charge in [-0.1, -0.05) is 35.9 Å². The van der Waals surface area contributed by atoms with Gasteiger partial charge in [-0.25, -0.2) is 8.42 Å². The summed E-state index contributed by atoms with van der Waals surface area (Å²) in [5, 5.41) is 2.85. The average molecular weight is 500 g/mol. The third kappa shape index (κ3) is 7.86. The van der Waals surface area contributed by atoms with Gasteiger partial charge in [-0.2, -0.15) is 16.5 Å². The fraction of sp³-hybridized carbons (Fsp3) is 0.280. The van der Waals surface area contributed by atoms with Gasteiger partial charge in [0.05, 0.1) is 10.6 Å². The molecule has 1 aromatic heterocycles. The fourth-order valence-electron chi connectivity index (χ4n) is 3.15. The van der Waals surface area contributed by atoms with Crippen molar-refractivity contribution in [1.29, 1.82) is 0 Å². The molecule has 1 heterocycles. The van der Waals surface area contributed by atoms with E-state index in [1.54, 1.807) is 30.1 Å². The Bertz CT molecular complexity index is 1170. The van der Waals surface area contributed by atoms with E-state index < -0.39 is 16.1 Å². The molecule has 0 spiro atoms. The maximum Gasteiger partial charge on any atom is 0.241 e. The second-order valence-corrected chi connectivity index (χ2v) is 10.4. The lowest BCUT2D eigenvalue weighted by atomic mass is 10.2. The number of hydrogen-bond donors (Lipinski definition) is 2. The summed E-state index contributed by atoms with van der Waals surface area (Å²) in [4.78, 5) is 17.3. The van der Waals surface area contributed by atoms with Crippen molar-refractivity contribution >= 4 is 27.7 Å². The number of thioether (sulfide) groups is 1. The van der Waals surface area contributed by atoms with Gasteiger partial charge in [0, 0.05) is 12.7 Å². The highest BCUT2D eigenvalue weighted by Crippen LogP contribution is 2.16. The van der Waals surface area contributed by atoms with Crippen LogP contribution >= 0.6 is 11.8 Å². The molecule has 180 valence electrons. The van der Waals surface area contributed by atoms with Crippen molar-refractivity contribution in [3.8, 4) is 5.75 Å². The Hall–Kier alpha value is -2.88. The summed E-state index contributed by atoms with van der Waals surface area (Å²) in [5.74, 6) is 0.937. The highest BCUT2D eigenvalue weighted by molar-refractivity contribution is 7.98. The Labute approximate surface area is 205 Å². The minimum atomic E-state index is -3.82. The lowest BCUT2D eigenvalue weighted by molar-refractivity contribution is -0.122. The molecule has 0 aliphatic carbocycles. The Morgan fingerprint density at radius 3 is 2.59 bits per heavy atom. The van der Waals surface area contributed by atoms with E-state index in [2.05, 4.69) is 15.0 Å². The zero-order chi connectivity index (χ0) is 24.4. The first kappa shape index (κ1) is 25.7. The second-order valence-electron chi connectivity index (χ2n) is 7.74. The summed E-state index contributed by atoms with van der Waals surface area (Å²) < 4.78 is 34.0. The summed E-state index contributed by atoms with van der Waals surface area (Å²) >= 11 is 1.55. The number of benzene rings is 2. The first-order valence-corrected chi connectivity index (χ1v) is 13.7. The van der Waals surface area contributed by atoms with Crippen molar-refractivity contribution in [2.75, 3.05) is 12.0 Å². The predicted molar refractivity (Wildman–Crippen MR) is 135 cm³/mol. The summed E-state index contributed by atoms with van der Waals surface area (Å²) in [6.45, 7) is 2.48. The van der Waals surface area contributed by atoms with E-state index in [1.165, 1.54) is 12.1 Å². The second kappa shape index (κ2) is 12.5. The fourth-order valence-corrected chi connectivity index (χ4v) is 4.85. The van der Waals surface area contributed by atoms with Gasteiger partial charge in [-0.3, -0.25) is 9.78 Å². The van der Waals surface area contributed by atoms with E-state index in [0.29, 0.717) is 24.5 Å². The summed E-state index contributed by atoms with van der Waals surface area (Å²) in [7, 11) is -3.82. The lowest BCUT2D eigenvalue weighted by Crippen LogP contribution is -2.46. The Morgan fingerprint density at radius 2 is 1.88 bits per heavy atom. The number of nitrogens with zero attached hydrogens (tertiary/aromatic N) is 1. The molecule has 0 aliphatic rings. The molecular weight excluding hydrogens is 470 g/mol. The van der Waals surface area contributed by atoms with Crippen molar-refractivity contribution in [2.45, 2.75) is 37.4 Å². The van der Waals surface area contributed by atoms with Gasteiger partial charge < -0.3 is 10.1 Å². The van der Waals surface area contributed by atoms with Gasteiger partial charge in [-0.05, 0) is 67.3 Å². The highest BCUT2D eigenvalue weighted by atomic mass is 32.2. The van der Waals surface area contributed by atoms with Crippen LogP contribution in [0.2, 0.25) is 0 Å². The molecule has 3 aromatic rings. The molecule has 1 atom stereocenters. The van der Waals surface area contributed by atoms with Gasteiger partial charge in [0.1, 0.15) is 18.4 Å². The van der Waals surface area contributed by atoms with Crippen LogP contribution in [0.1, 0.15) is 23.2 Å². The standard InChI is InChI=1S/C25H29N3O4S2/c1-19-9-11-23(12-10-19)34(30,31)28-24(13-15-33-2)25(29)27-17-20-6-5-8-22(16-20)32-18-21-7-3-4-14-26-21/h3-12,14,16,24,28H,13,15,17-18H2,1-2H3,(H,27,29). The molecular formula is C25H29N3O4S2. The van der Waals surface area contributed by atoms with Crippen molar-refractivity contribution in [2.24, 2.45) is 0 Å². The molecule has 3 rings (SSSR count). The molecule has 7 nitrogen and oxygen atoms in total. The van der Waals surface area contributed by atoms with Crippen LogP contribution in [0.25, 0.3) is 0 Å². The number of hydrogen-bond acceptors (Lipinski definition) is 6. The number of carbonyl (C=O) groups excluding carboxylic acids is 1. The van der Waals surface area contributed by atoms with E-state index in [4.69, 9.17) is 4.74 Å². The van der Waals surface area contributed by atoms with Gasteiger partial charge in [-0.15, -0.1) is 0 Å². The molecule has 34 heavy (non-hydrogen) atoms. The first-order valence-electron chi connectivity index (χ1n) is 10.8. The number of rotatable bonds is 12. The van der Waals surface area contributed by atoms with E-state index in [-0.39, 0.29) is 17.3 Å². The van der Waals surface area contributed by atoms with Crippen molar-refractivity contribution in [1.82, 2.24) is 15.0 Å². The third-order valence-electron chi connectivity index (χ3n) is 5.03. The summed E-state index contributed by atoms with van der Waals surface area (Å²) in [6.07, 6.45) is 4.01. The maximum atomic E-state index is 12.9. The predicted octanol–water partition coefficient (Wildman–Crippen LogP) is 3.69. The minimum absolute atomic E-state index is 0.137. The normalized spacial score (nSPS) is 12.2. The van der Waals surface area contributed by atoms with Crippen LogP contribution in [0.4, 0.5) is 0 Å². The molecule has 0 saturated carbocycles. The molecule has 0 fully saturated rings. The van der Waals surface area contributed by atoms with E-state index in [0.717, 1.165) is 16.8 Å². The van der Waals surface area contributed by atoms with E-state index in [1.807, 2.05) is 55.6 Å². The number of amides is 1. The SMILES string of the molecule is CSCCC(NS(=O)(=O)c1ccc(C)cc1)C(=O)NCc1cccc(OCc2ccccn2)c1. The molecule has 0 bridgehead atoms. The van der Waals surface area contributed by atoms with Crippen molar-refractivity contribution < 1.29 is 17.9 Å². The Kier molecular flexibility index (Phi) is 9.50. The molecule has 9 heteroatoms. The number of aryl methyl sites for hydroxylation is 1. The number of sulfonamides is 1. The average Bonchev–Trinajstić information content (AvgIpc) is 2.85. The van der Waals surface area contributed by atoms with E-state index in [9.17, 15) is 13.2 Å². The van der Waals surface area contributed by atoms with Crippen LogP contribution in [-0.2, 0) is 28.0 Å². The van der Waals surface area contributed by atoms with Crippen LogP contribution in [0.15, 0.2) is 77.8 Å². The molecule has 1 amide bonds. The van der Waals surface area contributed by atoms with Crippen LogP contribution in [0, 0.1) is 6.92 Å². The van der Waals surface area contributed by atoms with Crippen molar-refractivity contribution in [3.63, 3.8) is 0 Å². The Morgan fingerprint density at radius 1 is 1.09 bits per heavy atom. The summed E-state index contributed by atoms with van der Waals surface area (Å²) in [6, 6.07) is 18.7. The maximum absolute atomic E-state index is 12.9. The third-order valence-corrected chi connectivity index (χ3v) is 7.17. The van der Waals surface area contributed by atoms with Crippen LogP contribution in [-0.4, -0.2) is 37.4 Å². The molecule has 1 unspecified atom stereocenters. The van der Waals surface area contributed by atoms with E-state index >= 15 is 0 Å². The number of pyridine rings is 1. The topological polar surface area (TPSA) is 97.4 Å². The van der Waals surface area contributed by atoms with Crippen LogP contribution in [0.5, 0.6) is 5.75 Å². The van der Waals surface area contributed by atoms with Crippen LogP contribution in [0.3, 0.4) is 0 Å². The quantitative estimate of drug-likeness (QED) is 0.395. The molecule has 0 saturated heterocycles. The van der Waals surface area contributed by atoms with Crippen molar-refractivity contribution in [3.05, 3.63) is 89.7 Å². The molecule has 2 aromatic carbocycles. The summed E-state index contributed by atoms with van der Waals surface area (Å²) in [5.41, 5.74) is 2.62. The Balaban J connectivity index is 1.61. The zero-order valence-electron chi connectivity index (χ0n) is 19.2. The van der Waals surface area contributed by atoms with Gasteiger partial charge in [0.25, 0.3) is 0 Å². The largest absolute Gasteiger partial charge is 0.487 e. The van der Waals surface area contributed by atoms with Gasteiger partial charge in [0.15, 0.2) is 0 Å². The van der Waals surface area contributed by atoms with Crippen LogP contribution < -0.4 is 14.8 Å². The number of carbonyl (C=O) groups is 1. The smallest absolute Gasteiger partial charge is 0.241 e. The molecule has 0 aliphatic heterocycles. The monoisotopic (exact) mass is 499 g/mol. The van der Waals surface area contributed by atoms with Gasteiger partial charge >= 0.3 is 0 Å².